The van der Waals surface area contributed by atoms with Crippen molar-refractivity contribution in [2.75, 3.05) is 6.54 Å². The van der Waals surface area contributed by atoms with Crippen LogP contribution in [0.5, 0.6) is 5.75 Å². The Balaban J connectivity index is 1.93. The lowest BCUT2D eigenvalue weighted by Crippen LogP contribution is -2.38. The zero-order valence-corrected chi connectivity index (χ0v) is 15.0. The standard InChI is InChI=1S/C21H29NO2/c1-4-6-10-17(5-2)15-22-21(23)16(3)24-20-14-9-12-18-11-7-8-13-19(18)20/h7-9,11-14,16-17H,4-6,10,15H2,1-3H3,(H,22,23)/t16-,17+/m1/s1. The minimum absolute atomic E-state index is 0.0436. The quantitative estimate of drug-likeness (QED) is 0.708. The zero-order valence-electron chi connectivity index (χ0n) is 15.0. The van der Waals surface area contributed by atoms with Crippen LogP contribution >= 0.6 is 0 Å². The molecular formula is C21H29NO2. The minimum atomic E-state index is -0.500. The number of carbonyl (C=O) groups excluding carboxylic acids is 1. The van der Waals surface area contributed by atoms with Crippen LogP contribution in [-0.2, 0) is 4.79 Å². The molecular weight excluding hydrogens is 298 g/mol. The largest absolute Gasteiger partial charge is 0.480 e. The number of rotatable bonds is 9. The van der Waals surface area contributed by atoms with E-state index in [9.17, 15) is 4.79 Å². The highest BCUT2D eigenvalue weighted by Crippen LogP contribution is 2.26. The molecule has 130 valence electrons. The van der Waals surface area contributed by atoms with Crippen LogP contribution in [-0.4, -0.2) is 18.6 Å². The third-order valence-electron chi connectivity index (χ3n) is 4.53. The zero-order chi connectivity index (χ0) is 17.4. The number of nitrogens with one attached hydrogen (secondary N) is 1. The molecule has 0 saturated heterocycles. The summed E-state index contributed by atoms with van der Waals surface area (Å²) in [4.78, 5) is 12.3. The van der Waals surface area contributed by atoms with Gasteiger partial charge in [0.2, 0.25) is 0 Å². The molecule has 3 nitrogen and oxygen atoms in total. The van der Waals surface area contributed by atoms with Crippen LogP contribution in [0.3, 0.4) is 0 Å². The molecule has 3 heteroatoms. The van der Waals surface area contributed by atoms with Gasteiger partial charge in [0.05, 0.1) is 0 Å². The third-order valence-corrected chi connectivity index (χ3v) is 4.53. The summed E-state index contributed by atoms with van der Waals surface area (Å²) < 4.78 is 5.92. The molecule has 2 aromatic carbocycles. The van der Waals surface area contributed by atoms with Gasteiger partial charge in [-0.3, -0.25) is 4.79 Å². The predicted octanol–water partition coefficient (Wildman–Crippen LogP) is 4.94. The summed E-state index contributed by atoms with van der Waals surface area (Å²) in [6.45, 7) is 6.93. The topological polar surface area (TPSA) is 38.3 Å². The molecule has 0 saturated carbocycles. The van der Waals surface area contributed by atoms with Gasteiger partial charge in [-0.15, -0.1) is 0 Å². The SMILES string of the molecule is CCCC[C@H](CC)CNC(=O)[C@@H](C)Oc1cccc2ccccc12. The first kappa shape index (κ1) is 18.3. The smallest absolute Gasteiger partial charge is 0.260 e. The predicted molar refractivity (Wildman–Crippen MR) is 100 cm³/mol. The Hall–Kier alpha value is -2.03. The number of ether oxygens (including phenoxy) is 1. The maximum absolute atomic E-state index is 12.3. The monoisotopic (exact) mass is 327 g/mol. The summed E-state index contributed by atoms with van der Waals surface area (Å²) in [5.41, 5.74) is 0. The van der Waals surface area contributed by atoms with Gasteiger partial charge in [0.25, 0.3) is 5.91 Å². The number of amides is 1. The van der Waals surface area contributed by atoms with Crippen molar-refractivity contribution in [2.24, 2.45) is 5.92 Å². The molecule has 0 spiro atoms. The average molecular weight is 327 g/mol. The van der Waals surface area contributed by atoms with E-state index in [0.29, 0.717) is 5.92 Å². The van der Waals surface area contributed by atoms with Crippen molar-refractivity contribution in [3.63, 3.8) is 0 Å². The molecule has 0 unspecified atom stereocenters. The van der Waals surface area contributed by atoms with Gasteiger partial charge in [0.15, 0.2) is 6.10 Å². The van der Waals surface area contributed by atoms with Gasteiger partial charge in [-0.2, -0.15) is 0 Å². The highest BCUT2D eigenvalue weighted by Gasteiger charge is 2.17. The highest BCUT2D eigenvalue weighted by molar-refractivity contribution is 5.89. The first-order chi connectivity index (χ1) is 11.7. The molecule has 2 aromatic rings. The van der Waals surface area contributed by atoms with E-state index in [1.807, 2.05) is 49.4 Å². The summed E-state index contributed by atoms with van der Waals surface area (Å²) >= 11 is 0. The van der Waals surface area contributed by atoms with Crippen LogP contribution < -0.4 is 10.1 Å². The van der Waals surface area contributed by atoms with Crippen LogP contribution in [0.25, 0.3) is 10.8 Å². The van der Waals surface area contributed by atoms with Crippen molar-refractivity contribution >= 4 is 16.7 Å². The number of hydrogen-bond donors (Lipinski definition) is 1. The molecule has 0 aliphatic rings. The molecule has 0 heterocycles. The van der Waals surface area contributed by atoms with Crippen molar-refractivity contribution in [3.05, 3.63) is 42.5 Å². The van der Waals surface area contributed by atoms with Crippen LogP contribution in [0.4, 0.5) is 0 Å². The second kappa shape index (κ2) is 9.31. The molecule has 0 aliphatic carbocycles. The van der Waals surface area contributed by atoms with Gasteiger partial charge in [-0.05, 0) is 30.7 Å². The molecule has 0 radical (unpaired) electrons. The van der Waals surface area contributed by atoms with Crippen molar-refractivity contribution in [1.29, 1.82) is 0 Å². The molecule has 0 aliphatic heterocycles. The minimum Gasteiger partial charge on any atom is -0.480 e. The van der Waals surface area contributed by atoms with Crippen molar-refractivity contribution < 1.29 is 9.53 Å². The van der Waals surface area contributed by atoms with Gasteiger partial charge in [0, 0.05) is 11.9 Å². The lowest BCUT2D eigenvalue weighted by Gasteiger charge is -2.19. The van der Waals surface area contributed by atoms with E-state index in [2.05, 4.69) is 19.2 Å². The Morgan fingerprint density at radius 1 is 1.12 bits per heavy atom. The Morgan fingerprint density at radius 2 is 1.88 bits per heavy atom. The van der Waals surface area contributed by atoms with Crippen molar-refractivity contribution in [3.8, 4) is 5.75 Å². The lowest BCUT2D eigenvalue weighted by molar-refractivity contribution is -0.127. The summed E-state index contributed by atoms with van der Waals surface area (Å²) in [5, 5.41) is 5.20. The summed E-state index contributed by atoms with van der Waals surface area (Å²) in [7, 11) is 0. The van der Waals surface area contributed by atoms with E-state index >= 15 is 0 Å². The molecule has 2 rings (SSSR count). The Bertz CT molecular complexity index is 648. The first-order valence-electron chi connectivity index (χ1n) is 9.07. The van der Waals surface area contributed by atoms with E-state index < -0.39 is 6.10 Å². The maximum atomic E-state index is 12.3. The van der Waals surface area contributed by atoms with E-state index in [-0.39, 0.29) is 5.91 Å². The Labute approximate surface area is 145 Å². The van der Waals surface area contributed by atoms with E-state index in [1.54, 1.807) is 0 Å². The van der Waals surface area contributed by atoms with Crippen LogP contribution in [0.15, 0.2) is 42.5 Å². The fourth-order valence-electron chi connectivity index (χ4n) is 2.87. The van der Waals surface area contributed by atoms with Crippen molar-refractivity contribution in [2.45, 2.75) is 52.6 Å². The summed E-state index contributed by atoms with van der Waals surface area (Å²) in [5.74, 6) is 1.27. The number of benzene rings is 2. The average Bonchev–Trinajstić information content (AvgIpc) is 2.62. The Morgan fingerprint density at radius 3 is 2.62 bits per heavy atom. The van der Waals surface area contributed by atoms with Gasteiger partial charge < -0.3 is 10.1 Å². The van der Waals surface area contributed by atoms with Crippen molar-refractivity contribution in [1.82, 2.24) is 5.32 Å². The molecule has 0 aromatic heterocycles. The highest BCUT2D eigenvalue weighted by atomic mass is 16.5. The second-order valence-electron chi connectivity index (χ2n) is 6.40. The molecule has 1 N–H and O–H groups in total. The number of carbonyl (C=O) groups is 1. The summed E-state index contributed by atoms with van der Waals surface area (Å²) in [6, 6.07) is 14.0. The number of fused-ring (bicyclic) bond motifs is 1. The molecule has 24 heavy (non-hydrogen) atoms. The van der Waals surface area contributed by atoms with Gasteiger partial charge in [-0.1, -0.05) is 69.5 Å². The van der Waals surface area contributed by atoms with Crippen LogP contribution in [0, 0.1) is 5.92 Å². The third kappa shape index (κ3) is 4.98. The van der Waals surface area contributed by atoms with E-state index in [1.165, 1.54) is 19.3 Å². The molecule has 0 fully saturated rings. The maximum Gasteiger partial charge on any atom is 0.260 e. The van der Waals surface area contributed by atoms with Gasteiger partial charge >= 0.3 is 0 Å². The fraction of sp³-hybridized carbons (Fsp3) is 0.476. The Kier molecular flexibility index (Phi) is 7.10. The normalized spacial score (nSPS) is 13.5. The first-order valence-corrected chi connectivity index (χ1v) is 9.07. The van der Waals surface area contributed by atoms with E-state index in [0.717, 1.165) is 29.5 Å². The van der Waals surface area contributed by atoms with Crippen LogP contribution in [0.2, 0.25) is 0 Å². The van der Waals surface area contributed by atoms with Gasteiger partial charge in [-0.25, -0.2) is 0 Å². The second-order valence-corrected chi connectivity index (χ2v) is 6.40. The van der Waals surface area contributed by atoms with Crippen LogP contribution in [0.1, 0.15) is 46.5 Å². The lowest BCUT2D eigenvalue weighted by atomic mass is 9.99. The fourth-order valence-corrected chi connectivity index (χ4v) is 2.87. The molecule has 2 atom stereocenters. The van der Waals surface area contributed by atoms with Gasteiger partial charge in [0.1, 0.15) is 5.75 Å². The van der Waals surface area contributed by atoms with E-state index in [4.69, 9.17) is 4.74 Å². The molecule has 0 bridgehead atoms. The summed E-state index contributed by atoms with van der Waals surface area (Å²) in [6.07, 6.45) is 4.19. The number of unbranched alkanes of at least 4 members (excludes halogenated alkanes) is 1. The number of hydrogen-bond acceptors (Lipinski definition) is 2. The molecule has 1 amide bonds.